The highest BCUT2D eigenvalue weighted by atomic mass is 79.9. The number of hydrogen-bond acceptors (Lipinski definition) is 2. The van der Waals surface area contributed by atoms with Gasteiger partial charge in [-0.15, -0.1) is 0 Å². The number of fused-ring (bicyclic) bond motifs is 1. The average Bonchev–Trinajstić information content (AvgIpc) is 2.33. The molecule has 11 heavy (non-hydrogen) atoms. The molecule has 0 saturated carbocycles. The van der Waals surface area contributed by atoms with Crippen molar-refractivity contribution in [2.24, 2.45) is 4.99 Å². The maximum atomic E-state index is 11.0. The van der Waals surface area contributed by atoms with Crippen molar-refractivity contribution in [2.45, 2.75) is 0 Å². The lowest BCUT2D eigenvalue weighted by Crippen LogP contribution is -2.99. The summed E-state index contributed by atoms with van der Waals surface area (Å²) in [4.78, 5) is 3.89. The lowest BCUT2D eigenvalue weighted by molar-refractivity contribution is -0.655. The van der Waals surface area contributed by atoms with Gasteiger partial charge in [-0.2, -0.15) is 4.99 Å². The highest BCUT2D eigenvalue weighted by Crippen LogP contribution is 2.26. The number of hydrogen-bond donors (Lipinski definition) is 1. The summed E-state index contributed by atoms with van der Waals surface area (Å²) in [5.74, 6) is 0. The monoisotopic (exact) mass is 211 g/mol. The fraction of sp³-hybridized carbons (Fsp3) is 0. The molecular weight excluding hydrogens is 208 g/mol. The van der Waals surface area contributed by atoms with E-state index in [1.54, 1.807) is 12.1 Å². The second kappa shape index (κ2) is 2.41. The predicted molar refractivity (Wildman–Crippen MR) is 45.1 cm³/mol. The summed E-state index contributed by atoms with van der Waals surface area (Å²) in [6.07, 6.45) is 1.32. The fourth-order valence-electron chi connectivity index (χ4n) is 0.959. The van der Waals surface area contributed by atoms with E-state index in [-0.39, 0.29) is 5.06 Å². The molecule has 0 fully saturated rings. The Hall–Kier alpha value is -0.710. The van der Waals surface area contributed by atoms with E-state index in [9.17, 15) is 5.21 Å². The highest BCUT2D eigenvalue weighted by molar-refractivity contribution is 9.10. The van der Waals surface area contributed by atoms with Crippen LogP contribution in [0.1, 0.15) is 0 Å². The van der Waals surface area contributed by atoms with Crippen molar-refractivity contribution in [1.82, 2.24) is 0 Å². The molecule has 1 N–H and O–H groups in total. The minimum atomic E-state index is -0.0327. The Bertz CT molecular complexity index is 324. The van der Waals surface area contributed by atoms with Crippen LogP contribution in [0.5, 0.6) is 0 Å². The van der Waals surface area contributed by atoms with Gasteiger partial charge in [-0.05, 0) is 28.1 Å². The second-order valence-electron chi connectivity index (χ2n) is 2.20. The molecule has 0 bridgehead atoms. The van der Waals surface area contributed by atoms with Gasteiger partial charge < -0.3 is 5.21 Å². The molecule has 4 heteroatoms. The van der Waals surface area contributed by atoms with Gasteiger partial charge in [-0.1, -0.05) is 0 Å². The zero-order valence-corrected chi connectivity index (χ0v) is 7.05. The Morgan fingerprint density at radius 3 is 3.27 bits per heavy atom. The lowest BCUT2D eigenvalue weighted by atomic mass is 10.3. The third kappa shape index (κ3) is 1.09. The molecule has 1 aliphatic heterocycles. The Morgan fingerprint density at radius 2 is 2.45 bits per heavy atom. The predicted octanol–water partition coefficient (Wildman–Crippen LogP) is 0.937. The third-order valence-corrected chi connectivity index (χ3v) is 1.94. The van der Waals surface area contributed by atoms with Gasteiger partial charge in [0.2, 0.25) is 0 Å². The number of aliphatic imine (C=N–C) groups is 1. The first-order valence-electron chi connectivity index (χ1n) is 3.07. The minimum absolute atomic E-state index is 0.0327. The van der Waals surface area contributed by atoms with E-state index in [2.05, 4.69) is 27.0 Å². The molecule has 2 rings (SSSR count). The van der Waals surface area contributed by atoms with Crippen molar-refractivity contribution in [3.8, 4) is 0 Å². The zero-order chi connectivity index (χ0) is 7.84. The molecule has 3 nitrogen and oxygen atoms in total. The van der Waals surface area contributed by atoms with E-state index in [0.29, 0.717) is 11.4 Å². The molecule has 1 aliphatic rings. The third-order valence-electron chi connectivity index (χ3n) is 1.48. The van der Waals surface area contributed by atoms with Crippen molar-refractivity contribution in [1.29, 1.82) is 0 Å². The molecule has 1 heterocycles. The summed E-state index contributed by atoms with van der Waals surface area (Å²) >= 11 is 3.23. The number of nitrogens with zero attached hydrogens (tertiary/aromatic N) is 1. The van der Waals surface area contributed by atoms with Gasteiger partial charge >= 0.3 is 0 Å². The molecule has 0 aromatic heterocycles. The summed E-state index contributed by atoms with van der Waals surface area (Å²) in [7, 11) is 0. The van der Waals surface area contributed by atoms with Crippen molar-refractivity contribution in [3.63, 3.8) is 0 Å². The van der Waals surface area contributed by atoms with Crippen LogP contribution < -0.4 is 5.06 Å². The first-order valence-corrected chi connectivity index (χ1v) is 3.86. The average molecular weight is 212 g/mol. The minimum Gasteiger partial charge on any atom is -0.623 e. The maximum absolute atomic E-state index is 11.0. The normalized spacial score (nSPS) is 20.4. The number of halogens is 1. The van der Waals surface area contributed by atoms with Gasteiger partial charge in [0.15, 0.2) is 12.0 Å². The number of rotatable bonds is 0. The molecule has 0 spiro atoms. The van der Waals surface area contributed by atoms with Gasteiger partial charge in [0.05, 0.1) is 0 Å². The summed E-state index contributed by atoms with van der Waals surface area (Å²) < 4.78 is 0.787. The van der Waals surface area contributed by atoms with Gasteiger partial charge in [0.25, 0.3) is 0 Å². The standard InChI is InChI=1S/C7H4BrN2O/c8-5-1-2-6-7(3-5)10(11)4-9-6/h2-4,10H. The van der Waals surface area contributed by atoms with Crippen LogP contribution in [0.15, 0.2) is 21.6 Å². The first-order chi connectivity index (χ1) is 5.27. The molecule has 55 valence electrons. The summed E-state index contributed by atoms with van der Waals surface area (Å²) in [5, 5.41) is 11.0. The quantitative estimate of drug-likeness (QED) is 0.638. The second-order valence-corrected chi connectivity index (χ2v) is 3.06. The number of nitrogens with one attached hydrogen (secondary N) is 1. The van der Waals surface area contributed by atoms with Gasteiger partial charge in [0, 0.05) is 10.5 Å². The molecule has 1 radical (unpaired) electrons. The highest BCUT2D eigenvalue weighted by Gasteiger charge is 2.13. The largest absolute Gasteiger partial charge is 0.623 e. The molecule has 1 aromatic rings. The fourth-order valence-corrected chi connectivity index (χ4v) is 1.30. The SMILES string of the molecule is [O-][NH+]1C=Nc2c[c]c(Br)cc21. The van der Waals surface area contributed by atoms with Crippen LogP contribution in [0.2, 0.25) is 0 Å². The van der Waals surface area contributed by atoms with Crippen LogP contribution in [0.3, 0.4) is 0 Å². The Balaban J connectivity index is 2.58. The van der Waals surface area contributed by atoms with Gasteiger partial charge in [-0.25, -0.2) is 0 Å². The van der Waals surface area contributed by atoms with E-state index in [1.165, 1.54) is 6.34 Å². The van der Waals surface area contributed by atoms with Crippen LogP contribution in [-0.2, 0) is 0 Å². The molecule has 1 atom stereocenters. The zero-order valence-electron chi connectivity index (χ0n) is 5.47. The Kier molecular flexibility index (Phi) is 1.52. The van der Waals surface area contributed by atoms with Crippen LogP contribution >= 0.6 is 15.9 Å². The summed E-state index contributed by atoms with van der Waals surface area (Å²) in [5.41, 5.74) is 1.36. The van der Waals surface area contributed by atoms with Crippen molar-refractivity contribution in [2.75, 3.05) is 0 Å². The van der Waals surface area contributed by atoms with Crippen LogP contribution in [0.25, 0.3) is 0 Å². The van der Waals surface area contributed by atoms with E-state index in [1.807, 2.05) is 0 Å². The lowest BCUT2D eigenvalue weighted by Gasteiger charge is -2.10. The van der Waals surface area contributed by atoms with E-state index in [4.69, 9.17) is 0 Å². The number of quaternary nitrogens is 1. The molecule has 1 aromatic carbocycles. The van der Waals surface area contributed by atoms with Gasteiger partial charge in [-0.3, -0.25) is 5.06 Å². The maximum Gasteiger partial charge on any atom is 0.194 e. The summed E-state index contributed by atoms with van der Waals surface area (Å²) in [6, 6.07) is 6.32. The van der Waals surface area contributed by atoms with Crippen molar-refractivity contribution < 1.29 is 5.06 Å². The summed E-state index contributed by atoms with van der Waals surface area (Å²) in [6.45, 7) is 0. The van der Waals surface area contributed by atoms with Crippen molar-refractivity contribution in [3.05, 3.63) is 27.9 Å². The van der Waals surface area contributed by atoms with E-state index >= 15 is 0 Å². The smallest absolute Gasteiger partial charge is 0.194 e. The Labute approximate surface area is 72.1 Å². The van der Waals surface area contributed by atoms with Crippen LogP contribution in [0.4, 0.5) is 11.4 Å². The molecule has 0 aliphatic carbocycles. The molecule has 1 unspecified atom stereocenters. The number of benzene rings is 1. The molecule has 0 amide bonds. The Morgan fingerprint density at radius 1 is 1.64 bits per heavy atom. The van der Waals surface area contributed by atoms with Crippen molar-refractivity contribution >= 4 is 33.6 Å². The van der Waals surface area contributed by atoms with E-state index < -0.39 is 0 Å². The van der Waals surface area contributed by atoms with Crippen LogP contribution in [-0.4, -0.2) is 6.34 Å². The first kappa shape index (κ1) is 6.97. The van der Waals surface area contributed by atoms with E-state index in [0.717, 1.165) is 4.47 Å². The number of hydroxylamine groups is 1. The van der Waals surface area contributed by atoms with Gasteiger partial charge in [0.1, 0.15) is 5.69 Å². The molecular formula is C7H4BrN2O. The molecule has 0 saturated heterocycles. The topological polar surface area (TPSA) is 39.9 Å². The van der Waals surface area contributed by atoms with Crippen LogP contribution in [0, 0.1) is 11.3 Å².